The number of aliphatic carboxylic acids is 1. The minimum atomic E-state index is -0.836. The molecule has 0 saturated heterocycles. The summed E-state index contributed by atoms with van der Waals surface area (Å²) in [5.74, 6) is -0.836. The Hall–Kier alpha value is -1.30. The van der Waals surface area contributed by atoms with Crippen molar-refractivity contribution in [3.8, 4) is 0 Å². The largest absolute Gasteiger partial charge is 0.481 e. The zero-order valence-corrected chi connectivity index (χ0v) is 12.9. The number of rotatable bonds is 11. The van der Waals surface area contributed by atoms with Gasteiger partial charge < -0.3 is 20.6 Å². The van der Waals surface area contributed by atoms with Gasteiger partial charge in [-0.3, -0.25) is 4.79 Å². The first kappa shape index (κ1) is 18.7. The van der Waals surface area contributed by atoms with E-state index in [-0.39, 0.29) is 18.5 Å². The second-order valence-corrected chi connectivity index (χ2v) is 4.97. The van der Waals surface area contributed by atoms with Crippen molar-refractivity contribution in [1.29, 1.82) is 0 Å². The zero-order chi connectivity index (χ0) is 15.4. The molecular formula is C14H29N3O3. The number of carbonyl (C=O) groups is 2. The summed E-state index contributed by atoms with van der Waals surface area (Å²) in [6, 6.07) is -0.0873. The van der Waals surface area contributed by atoms with Gasteiger partial charge in [0.1, 0.15) is 0 Å². The fourth-order valence-corrected chi connectivity index (χ4v) is 1.95. The van der Waals surface area contributed by atoms with Gasteiger partial charge in [0, 0.05) is 19.0 Å². The van der Waals surface area contributed by atoms with Crippen LogP contribution in [0.3, 0.4) is 0 Å². The van der Waals surface area contributed by atoms with Crippen LogP contribution in [0.1, 0.15) is 46.5 Å². The fourth-order valence-electron chi connectivity index (χ4n) is 1.95. The van der Waals surface area contributed by atoms with Crippen molar-refractivity contribution < 1.29 is 14.7 Å². The Morgan fingerprint density at radius 3 is 2.40 bits per heavy atom. The van der Waals surface area contributed by atoms with E-state index in [2.05, 4.69) is 29.4 Å². The monoisotopic (exact) mass is 287 g/mol. The molecular weight excluding hydrogens is 258 g/mol. The Morgan fingerprint density at radius 2 is 1.85 bits per heavy atom. The highest BCUT2D eigenvalue weighted by molar-refractivity contribution is 5.74. The van der Waals surface area contributed by atoms with Crippen molar-refractivity contribution in [1.82, 2.24) is 15.5 Å². The van der Waals surface area contributed by atoms with Crippen molar-refractivity contribution in [3.63, 3.8) is 0 Å². The molecule has 0 aliphatic rings. The first-order valence-electron chi connectivity index (χ1n) is 7.48. The van der Waals surface area contributed by atoms with Gasteiger partial charge in [-0.15, -0.1) is 0 Å². The summed E-state index contributed by atoms with van der Waals surface area (Å²) < 4.78 is 0. The highest BCUT2D eigenvalue weighted by atomic mass is 16.4. The van der Waals surface area contributed by atoms with Gasteiger partial charge in [-0.05, 0) is 45.8 Å². The topological polar surface area (TPSA) is 81.7 Å². The molecule has 0 aromatic carbocycles. The molecule has 0 heterocycles. The summed E-state index contributed by atoms with van der Waals surface area (Å²) in [5, 5.41) is 14.0. The molecule has 0 rings (SSSR count). The molecule has 0 aromatic heterocycles. The number of hydrogen-bond donors (Lipinski definition) is 3. The third-order valence-electron chi connectivity index (χ3n) is 3.24. The van der Waals surface area contributed by atoms with E-state index in [1.165, 1.54) is 0 Å². The van der Waals surface area contributed by atoms with Crippen LogP contribution in [0.15, 0.2) is 0 Å². The number of nitrogens with one attached hydrogen (secondary N) is 2. The molecule has 6 nitrogen and oxygen atoms in total. The SMILES string of the molecule is CCN(CC)CCCC(C)NC(=O)NCCCC(=O)O. The lowest BCUT2D eigenvalue weighted by Gasteiger charge is -2.19. The normalized spacial score (nSPS) is 12.2. The summed E-state index contributed by atoms with van der Waals surface area (Å²) in [4.78, 5) is 24.2. The van der Waals surface area contributed by atoms with Crippen LogP contribution in [0, 0.1) is 0 Å². The third-order valence-corrected chi connectivity index (χ3v) is 3.24. The van der Waals surface area contributed by atoms with Gasteiger partial charge in [0.15, 0.2) is 0 Å². The van der Waals surface area contributed by atoms with Gasteiger partial charge in [-0.25, -0.2) is 4.79 Å². The first-order valence-corrected chi connectivity index (χ1v) is 7.48. The van der Waals surface area contributed by atoms with Crippen molar-refractivity contribution >= 4 is 12.0 Å². The molecule has 0 aliphatic heterocycles. The predicted octanol–water partition coefficient (Wildman–Crippen LogP) is 1.66. The van der Waals surface area contributed by atoms with Crippen LogP contribution in [-0.2, 0) is 4.79 Å². The van der Waals surface area contributed by atoms with E-state index in [1.54, 1.807) is 0 Å². The number of carbonyl (C=O) groups excluding carboxylic acids is 1. The average Bonchev–Trinajstić information content (AvgIpc) is 2.39. The number of carboxylic acid groups (broad SMARTS) is 1. The van der Waals surface area contributed by atoms with Gasteiger partial charge in [-0.2, -0.15) is 0 Å². The zero-order valence-electron chi connectivity index (χ0n) is 12.9. The minimum Gasteiger partial charge on any atom is -0.481 e. The lowest BCUT2D eigenvalue weighted by Crippen LogP contribution is -2.41. The molecule has 0 radical (unpaired) electrons. The lowest BCUT2D eigenvalue weighted by atomic mass is 10.2. The molecule has 3 N–H and O–H groups in total. The standard InChI is InChI=1S/C14H29N3O3/c1-4-17(5-2)11-7-8-12(3)16-14(20)15-10-6-9-13(18)19/h12H,4-11H2,1-3H3,(H,18,19)(H2,15,16,20). The van der Waals surface area contributed by atoms with Gasteiger partial charge in [-0.1, -0.05) is 13.8 Å². The van der Waals surface area contributed by atoms with Crippen LogP contribution in [0.4, 0.5) is 4.79 Å². The summed E-state index contributed by atoms with van der Waals surface area (Å²) in [6.45, 7) is 9.85. The highest BCUT2D eigenvalue weighted by Crippen LogP contribution is 1.99. The molecule has 1 atom stereocenters. The maximum atomic E-state index is 11.5. The minimum absolute atomic E-state index is 0.0830. The van der Waals surface area contributed by atoms with Crippen molar-refractivity contribution in [3.05, 3.63) is 0 Å². The Labute approximate surface area is 121 Å². The van der Waals surface area contributed by atoms with Crippen LogP contribution in [-0.4, -0.2) is 54.2 Å². The van der Waals surface area contributed by atoms with E-state index >= 15 is 0 Å². The third kappa shape index (κ3) is 10.6. The van der Waals surface area contributed by atoms with Crippen LogP contribution in [0.2, 0.25) is 0 Å². The molecule has 0 aromatic rings. The van der Waals surface area contributed by atoms with Crippen molar-refractivity contribution in [2.24, 2.45) is 0 Å². The van der Waals surface area contributed by atoms with Gasteiger partial charge in [0.05, 0.1) is 0 Å². The van der Waals surface area contributed by atoms with Gasteiger partial charge >= 0.3 is 12.0 Å². The van der Waals surface area contributed by atoms with E-state index in [1.807, 2.05) is 6.92 Å². The van der Waals surface area contributed by atoms with E-state index in [0.29, 0.717) is 13.0 Å². The van der Waals surface area contributed by atoms with E-state index < -0.39 is 5.97 Å². The number of amides is 2. The van der Waals surface area contributed by atoms with Crippen LogP contribution >= 0.6 is 0 Å². The molecule has 118 valence electrons. The Balaban J connectivity index is 3.61. The van der Waals surface area contributed by atoms with Gasteiger partial charge in [0.25, 0.3) is 0 Å². The van der Waals surface area contributed by atoms with E-state index in [9.17, 15) is 9.59 Å². The highest BCUT2D eigenvalue weighted by Gasteiger charge is 2.07. The molecule has 2 amide bonds. The molecule has 0 fully saturated rings. The number of nitrogens with zero attached hydrogens (tertiary/aromatic N) is 1. The van der Waals surface area contributed by atoms with Crippen LogP contribution in [0.5, 0.6) is 0 Å². The summed E-state index contributed by atoms with van der Waals surface area (Å²) in [6.07, 6.45) is 2.54. The average molecular weight is 287 g/mol. The van der Waals surface area contributed by atoms with Crippen molar-refractivity contribution in [2.45, 2.75) is 52.5 Å². The van der Waals surface area contributed by atoms with Crippen LogP contribution in [0.25, 0.3) is 0 Å². The molecule has 0 bridgehead atoms. The summed E-state index contributed by atoms with van der Waals surface area (Å²) in [5.41, 5.74) is 0. The molecule has 0 aliphatic carbocycles. The maximum absolute atomic E-state index is 11.5. The van der Waals surface area contributed by atoms with E-state index in [4.69, 9.17) is 5.11 Å². The van der Waals surface area contributed by atoms with Crippen LogP contribution < -0.4 is 10.6 Å². The predicted molar refractivity (Wildman–Crippen MR) is 79.9 cm³/mol. The number of urea groups is 1. The van der Waals surface area contributed by atoms with Crippen molar-refractivity contribution in [2.75, 3.05) is 26.2 Å². The van der Waals surface area contributed by atoms with E-state index in [0.717, 1.165) is 32.5 Å². The molecule has 6 heteroatoms. The Kier molecular flexibility index (Phi) is 10.8. The Bertz CT molecular complexity index is 281. The number of hydrogen-bond acceptors (Lipinski definition) is 3. The summed E-state index contributed by atoms with van der Waals surface area (Å²) >= 11 is 0. The first-order chi connectivity index (χ1) is 9.49. The van der Waals surface area contributed by atoms with Gasteiger partial charge in [0.2, 0.25) is 0 Å². The molecule has 20 heavy (non-hydrogen) atoms. The lowest BCUT2D eigenvalue weighted by molar-refractivity contribution is -0.137. The fraction of sp³-hybridized carbons (Fsp3) is 0.857. The maximum Gasteiger partial charge on any atom is 0.314 e. The summed E-state index contributed by atoms with van der Waals surface area (Å²) in [7, 11) is 0. The Morgan fingerprint density at radius 1 is 1.20 bits per heavy atom. The second kappa shape index (κ2) is 11.5. The molecule has 0 saturated carbocycles. The number of carboxylic acids is 1. The molecule has 1 unspecified atom stereocenters. The second-order valence-electron chi connectivity index (χ2n) is 4.97. The smallest absolute Gasteiger partial charge is 0.314 e. The quantitative estimate of drug-likeness (QED) is 0.505. The molecule has 0 spiro atoms.